The zero-order valence-corrected chi connectivity index (χ0v) is 14.8. The molecule has 5 atom stereocenters. The quantitative estimate of drug-likeness (QED) is 0.850. The third-order valence-electron chi connectivity index (χ3n) is 5.29. The molecule has 1 saturated heterocycles. The van der Waals surface area contributed by atoms with Gasteiger partial charge in [0.2, 0.25) is 5.91 Å². The Morgan fingerprint density at radius 2 is 1.87 bits per heavy atom. The number of hydrogen-bond acceptors (Lipinski definition) is 3. The van der Waals surface area contributed by atoms with Crippen molar-refractivity contribution in [3.05, 3.63) is 0 Å². The highest BCUT2D eigenvalue weighted by molar-refractivity contribution is 5.87. The lowest BCUT2D eigenvalue weighted by atomic mass is 9.87. The summed E-state index contributed by atoms with van der Waals surface area (Å²) < 4.78 is 5.51. The molecular weight excluding hydrogens is 292 g/mol. The second kappa shape index (κ2) is 5.99. The van der Waals surface area contributed by atoms with Crippen LogP contribution in [-0.2, 0) is 9.53 Å². The Kier molecular flexibility index (Phi) is 4.32. The van der Waals surface area contributed by atoms with Crippen LogP contribution in [0.15, 0.2) is 0 Å². The maximum Gasteiger partial charge on any atom is 0.411 e. The Hall–Kier alpha value is -1.26. The molecule has 0 aromatic heterocycles. The number of nitrogens with one attached hydrogen (secondary N) is 1. The molecule has 0 radical (unpaired) electrons. The fourth-order valence-corrected chi connectivity index (χ4v) is 4.13. The van der Waals surface area contributed by atoms with Crippen LogP contribution >= 0.6 is 0 Å². The van der Waals surface area contributed by atoms with Gasteiger partial charge in [-0.2, -0.15) is 0 Å². The van der Waals surface area contributed by atoms with Crippen LogP contribution in [0.5, 0.6) is 0 Å². The lowest BCUT2D eigenvalue weighted by Gasteiger charge is -2.32. The molecule has 0 spiro atoms. The van der Waals surface area contributed by atoms with Gasteiger partial charge < -0.3 is 10.1 Å². The summed E-state index contributed by atoms with van der Waals surface area (Å²) in [6, 6.07) is 0.139. The molecule has 1 aliphatic heterocycles. The van der Waals surface area contributed by atoms with Crippen molar-refractivity contribution in [3.63, 3.8) is 0 Å². The van der Waals surface area contributed by atoms with Gasteiger partial charge in [0.15, 0.2) is 0 Å². The molecule has 2 amide bonds. The van der Waals surface area contributed by atoms with Gasteiger partial charge in [0.1, 0.15) is 11.6 Å². The van der Waals surface area contributed by atoms with Crippen molar-refractivity contribution < 1.29 is 14.3 Å². The van der Waals surface area contributed by atoms with E-state index in [1.165, 1.54) is 12.8 Å². The molecule has 5 heteroatoms. The lowest BCUT2D eigenvalue weighted by molar-refractivity contribution is -0.127. The van der Waals surface area contributed by atoms with Crippen molar-refractivity contribution in [2.45, 2.75) is 89.9 Å². The number of carbonyl (C=O) groups excluding carboxylic acids is 2. The van der Waals surface area contributed by atoms with Crippen LogP contribution < -0.4 is 5.32 Å². The number of fused-ring (bicyclic) bond motifs is 1. The van der Waals surface area contributed by atoms with Crippen LogP contribution in [0.4, 0.5) is 4.79 Å². The van der Waals surface area contributed by atoms with Crippen molar-refractivity contribution in [2.24, 2.45) is 11.8 Å². The predicted octanol–water partition coefficient (Wildman–Crippen LogP) is 3.08. The largest absolute Gasteiger partial charge is 0.444 e. The monoisotopic (exact) mass is 322 g/mol. The third-order valence-corrected chi connectivity index (χ3v) is 5.29. The summed E-state index contributed by atoms with van der Waals surface area (Å²) in [6.45, 7) is 7.84. The number of hydrogen-bond donors (Lipinski definition) is 1. The SMILES string of the molecule is CC1CCCC(NC(=O)[C@@H]2C[C@H]3C[C@H]3N2C(=O)OC(C)(C)C)C1. The molecule has 0 aromatic rings. The van der Waals surface area contributed by atoms with Crippen LogP contribution in [0, 0.1) is 11.8 Å². The Bertz CT molecular complexity index is 485. The van der Waals surface area contributed by atoms with E-state index in [0.29, 0.717) is 11.8 Å². The standard InChI is InChI=1S/C18H30N2O3/c1-11-6-5-7-13(8-11)19-16(21)15-10-12-9-14(12)20(15)17(22)23-18(2,3)4/h11-15H,5-10H2,1-4H3,(H,19,21)/t11?,12-,13?,14-,15+/m1/s1. The van der Waals surface area contributed by atoms with Crippen LogP contribution in [-0.4, -0.2) is 40.6 Å². The topological polar surface area (TPSA) is 58.6 Å². The van der Waals surface area contributed by atoms with Gasteiger partial charge in [-0.3, -0.25) is 9.69 Å². The van der Waals surface area contributed by atoms with Crippen molar-refractivity contribution in [3.8, 4) is 0 Å². The molecule has 0 aromatic carbocycles. The van der Waals surface area contributed by atoms with Gasteiger partial charge in [0.25, 0.3) is 0 Å². The molecule has 2 unspecified atom stereocenters. The smallest absolute Gasteiger partial charge is 0.411 e. The van der Waals surface area contributed by atoms with Crippen molar-refractivity contribution in [2.75, 3.05) is 0 Å². The van der Waals surface area contributed by atoms with Gasteiger partial charge in [-0.25, -0.2) is 4.79 Å². The van der Waals surface area contributed by atoms with Gasteiger partial charge in [-0.15, -0.1) is 0 Å². The Labute approximate surface area is 139 Å². The van der Waals surface area contributed by atoms with Crippen LogP contribution in [0.1, 0.15) is 66.2 Å². The highest BCUT2D eigenvalue weighted by atomic mass is 16.6. The highest BCUT2D eigenvalue weighted by Gasteiger charge is 2.57. The number of carbonyl (C=O) groups is 2. The summed E-state index contributed by atoms with van der Waals surface area (Å²) in [6.07, 6.45) is 6.02. The first-order chi connectivity index (χ1) is 10.7. The maximum absolute atomic E-state index is 12.7. The summed E-state index contributed by atoms with van der Waals surface area (Å²) in [4.78, 5) is 26.9. The lowest BCUT2D eigenvalue weighted by Crippen LogP contribution is -2.52. The average Bonchev–Trinajstić information content (AvgIpc) is 3.06. The second-order valence-electron chi connectivity index (χ2n) is 8.68. The molecule has 1 N–H and O–H groups in total. The average molecular weight is 322 g/mol. The molecular formula is C18H30N2O3. The van der Waals surface area contributed by atoms with E-state index in [1.54, 1.807) is 4.90 Å². The molecule has 0 bridgehead atoms. The summed E-state index contributed by atoms with van der Waals surface area (Å²) in [5, 5.41) is 3.19. The maximum atomic E-state index is 12.7. The predicted molar refractivity (Wildman–Crippen MR) is 87.9 cm³/mol. The minimum absolute atomic E-state index is 0.0159. The van der Waals surface area contributed by atoms with E-state index in [4.69, 9.17) is 4.74 Å². The number of ether oxygens (including phenoxy) is 1. The zero-order chi connectivity index (χ0) is 16.8. The molecule has 3 aliphatic rings. The fraction of sp³-hybridized carbons (Fsp3) is 0.889. The minimum atomic E-state index is -0.524. The van der Waals surface area contributed by atoms with Crippen molar-refractivity contribution >= 4 is 12.0 Å². The highest BCUT2D eigenvalue weighted by Crippen LogP contribution is 2.48. The number of amides is 2. The number of rotatable bonds is 2. The fourth-order valence-electron chi connectivity index (χ4n) is 4.13. The van der Waals surface area contributed by atoms with Crippen LogP contribution in [0.3, 0.4) is 0 Å². The summed E-state index contributed by atoms with van der Waals surface area (Å²) in [5.74, 6) is 1.18. The van der Waals surface area contributed by atoms with E-state index < -0.39 is 5.60 Å². The molecule has 5 nitrogen and oxygen atoms in total. The number of likely N-dealkylation sites (tertiary alicyclic amines) is 1. The molecule has 130 valence electrons. The normalized spacial score (nSPS) is 36.3. The summed E-state index contributed by atoms with van der Waals surface area (Å²) in [5.41, 5.74) is -0.524. The number of nitrogens with zero attached hydrogens (tertiary/aromatic N) is 1. The molecule has 2 aliphatic carbocycles. The molecule has 3 rings (SSSR count). The van der Waals surface area contributed by atoms with E-state index in [0.717, 1.165) is 25.7 Å². The summed E-state index contributed by atoms with van der Waals surface area (Å²) >= 11 is 0. The second-order valence-corrected chi connectivity index (χ2v) is 8.68. The van der Waals surface area contributed by atoms with E-state index in [-0.39, 0.29) is 30.1 Å². The van der Waals surface area contributed by atoms with E-state index in [2.05, 4.69) is 12.2 Å². The van der Waals surface area contributed by atoms with Crippen molar-refractivity contribution in [1.29, 1.82) is 0 Å². The van der Waals surface area contributed by atoms with Crippen molar-refractivity contribution in [1.82, 2.24) is 10.2 Å². The van der Waals surface area contributed by atoms with Gasteiger partial charge in [0, 0.05) is 12.1 Å². The number of piperidine rings is 1. The van der Waals surface area contributed by atoms with Crippen LogP contribution in [0.25, 0.3) is 0 Å². The minimum Gasteiger partial charge on any atom is -0.444 e. The third kappa shape index (κ3) is 3.81. The van der Waals surface area contributed by atoms with Gasteiger partial charge in [-0.05, 0) is 58.3 Å². The first-order valence-corrected chi connectivity index (χ1v) is 9.06. The Morgan fingerprint density at radius 1 is 1.13 bits per heavy atom. The van der Waals surface area contributed by atoms with E-state index >= 15 is 0 Å². The van der Waals surface area contributed by atoms with E-state index in [1.807, 2.05) is 20.8 Å². The molecule has 1 heterocycles. The van der Waals surface area contributed by atoms with Gasteiger partial charge in [-0.1, -0.05) is 19.8 Å². The molecule has 23 heavy (non-hydrogen) atoms. The van der Waals surface area contributed by atoms with E-state index in [9.17, 15) is 9.59 Å². The van der Waals surface area contributed by atoms with Crippen LogP contribution in [0.2, 0.25) is 0 Å². The molecule has 3 fully saturated rings. The summed E-state index contributed by atoms with van der Waals surface area (Å²) in [7, 11) is 0. The molecule has 2 saturated carbocycles. The zero-order valence-electron chi connectivity index (χ0n) is 14.8. The first kappa shape index (κ1) is 16.6. The van der Waals surface area contributed by atoms with Gasteiger partial charge in [0.05, 0.1) is 0 Å². The Balaban J connectivity index is 1.61. The Morgan fingerprint density at radius 3 is 2.52 bits per heavy atom. The van der Waals surface area contributed by atoms with Gasteiger partial charge >= 0.3 is 6.09 Å². The first-order valence-electron chi connectivity index (χ1n) is 9.06.